The Morgan fingerprint density at radius 3 is 2.61 bits per heavy atom. The van der Waals surface area contributed by atoms with Gasteiger partial charge in [-0.25, -0.2) is 0 Å². The van der Waals surface area contributed by atoms with Gasteiger partial charge in [0, 0.05) is 44.0 Å². The zero-order valence-electron chi connectivity index (χ0n) is 16.1. The summed E-state index contributed by atoms with van der Waals surface area (Å²) in [4.78, 5) is 29.2. The number of carbonyl (C=O) groups is 2. The molecular formula is C23H27N3O2. The predicted octanol–water partition coefficient (Wildman–Crippen LogP) is 3.32. The van der Waals surface area contributed by atoms with Crippen LogP contribution in [0.25, 0.3) is 0 Å². The Balaban J connectivity index is 1.32. The van der Waals surface area contributed by atoms with Crippen molar-refractivity contribution in [1.82, 2.24) is 4.90 Å². The first kappa shape index (κ1) is 18.5. The van der Waals surface area contributed by atoms with Crippen LogP contribution in [0.3, 0.4) is 0 Å². The molecule has 5 heteroatoms. The molecule has 2 aliphatic rings. The number of rotatable bonds is 6. The van der Waals surface area contributed by atoms with Crippen molar-refractivity contribution in [2.24, 2.45) is 5.92 Å². The molecule has 2 amide bonds. The Morgan fingerprint density at radius 1 is 1.04 bits per heavy atom. The zero-order chi connectivity index (χ0) is 19.3. The molecule has 0 bridgehead atoms. The van der Waals surface area contributed by atoms with E-state index in [9.17, 15) is 9.59 Å². The Morgan fingerprint density at radius 2 is 1.82 bits per heavy atom. The molecule has 1 unspecified atom stereocenters. The Labute approximate surface area is 166 Å². The van der Waals surface area contributed by atoms with Gasteiger partial charge in [0.1, 0.15) is 0 Å². The number of nitrogens with one attached hydrogen (secondary N) is 1. The van der Waals surface area contributed by atoms with Crippen molar-refractivity contribution in [1.29, 1.82) is 0 Å². The van der Waals surface area contributed by atoms with Gasteiger partial charge in [-0.3, -0.25) is 9.59 Å². The van der Waals surface area contributed by atoms with Crippen LogP contribution < -0.4 is 10.2 Å². The number of nitrogens with zero attached hydrogens (tertiary/aromatic N) is 2. The van der Waals surface area contributed by atoms with E-state index in [0.29, 0.717) is 19.5 Å². The van der Waals surface area contributed by atoms with Crippen molar-refractivity contribution in [3.63, 3.8) is 0 Å². The minimum atomic E-state index is -0.279. The average molecular weight is 377 g/mol. The lowest BCUT2D eigenvalue weighted by Crippen LogP contribution is -2.30. The van der Waals surface area contributed by atoms with Crippen LogP contribution in [-0.4, -0.2) is 42.9 Å². The van der Waals surface area contributed by atoms with E-state index in [1.165, 1.54) is 18.4 Å². The van der Waals surface area contributed by atoms with Crippen LogP contribution in [0.15, 0.2) is 54.6 Å². The monoisotopic (exact) mass is 377 g/mol. The fourth-order valence-corrected chi connectivity index (χ4v) is 4.07. The van der Waals surface area contributed by atoms with Gasteiger partial charge >= 0.3 is 0 Å². The van der Waals surface area contributed by atoms with Crippen molar-refractivity contribution >= 4 is 23.2 Å². The number of hydrogen-bond acceptors (Lipinski definition) is 3. The number of hydrogen-bond donors (Lipinski definition) is 1. The molecule has 2 heterocycles. The molecule has 1 N–H and O–H groups in total. The first-order chi connectivity index (χ1) is 13.7. The molecule has 2 aromatic carbocycles. The highest BCUT2D eigenvalue weighted by molar-refractivity contribution is 5.97. The van der Waals surface area contributed by atoms with Gasteiger partial charge in [0.15, 0.2) is 0 Å². The first-order valence-corrected chi connectivity index (χ1v) is 10.2. The van der Waals surface area contributed by atoms with E-state index in [1.54, 1.807) is 0 Å². The third-order valence-electron chi connectivity index (χ3n) is 5.68. The van der Waals surface area contributed by atoms with Crippen LogP contribution >= 0.6 is 0 Å². The van der Waals surface area contributed by atoms with E-state index < -0.39 is 0 Å². The summed E-state index contributed by atoms with van der Waals surface area (Å²) in [6, 6.07) is 18.2. The number of anilines is 2. The molecule has 4 rings (SSSR count). The van der Waals surface area contributed by atoms with Crippen LogP contribution in [0.2, 0.25) is 0 Å². The van der Waals surface area contributed by atoms with E-state index in [-0.39, 0.29) is 17.7 Å². The van der Waals surface area contributed by atoms with Gasteiger partial charge in [-0.05, 0) is 43.0 Å². The average Bonchev–Trinajstić information content (AvgIpc) is 3.37. The minimum Gasteiger partial charge on any atom is -0.371 e. The maximum Gasteiger partial charge on any atom is 0.229 e. The number of amides is 2. The third-order valence-corrected chi connectivity index (χ3v) is 5.68. The standard InChI is InChI=1S/C23H27N3O2/c27-22-15-19(17-26(22)14-11-18-7-2-1-3-8-18)23(28)24-20-9-6-10-21(16-20)25-12-4-5-13-25/h1-3,6-10,16,19H,4-5,11-15,17H2,(H,24,28). The fraction of sp³-hybridized carbons (Fsp3) is 0.391. The summed E-state index contributed by atoms with van der Waals surface area (Å²) in [5.74, 6) is -0.269. The number of carbonyl (C=O) groups excluding carboxylic acids is 2. The second-order valence-corrected chi connectivity index (χ2v) is 7.71. The molecule has 1 atom stereocenters. The van der Waals surface area contributed by atoms with Gasteiger partial charge in [0.2, 0.25) is 11.8 Å². The van der Waals surface area contributed by atoms with Crippen LogP contribution in [0.4, 0.5) is 11.4 Å². The van der Waals surface area contributed by atoms with E-state index >= 15 is 0 Å². The molecule has 0 aliphatic carbocycles. The van der Waals surface area contributed by atoms with Crippen LogP contribution in [0.1, 0.15) is 24.8 Å². The van der Waals surface area contributed by atoms with Crippen LogP contribution in [-0.2, 0) is 16.0 Å². The maximum atomic E-state index is 12.7. The Kier molecular flexibility index (Phi) is 5.60. The highest BCUT2D eigenvalue weighted by Crippen LogP contribution is 2.25. The van der Waals surface area contributed by atoms with E-state index in [2.05, 4.69) is 28.4 Å². The van der Waals surface area contributed by atoms with E-state index in [0.717, 1.165) is 30.9 Å². The summed E-state index contributed by atoms with van der Waals surface area (Å²) in [7, 11) is 0. The number of likely N-dealkylation sites (tertiary alicyclic amines) is 1. The summed E-state index contributed by atoms with van der Waals surface area (Å²) in [5, 5.41) is 3.02. The lowest BCUT2D eigenvalue weighted by atomic mass is 10.1. The summed E-state index contributed by atoms with van der Waals surface area (Å²) >= 11 is 0. The van der Waals surface area contributed by atoms with Crippen LogP contribution in [0.5, 0.6) is 0 Å². The molecule has 0 spiro atoms. The first-order valence-electron chi connectivity index (χ1n) is 10.2. The Hall–Kier alpha value is -2.82. The molecule has 146 valence electrons. The van der Waals surface area contributed by atoms with Gasteiger partial charge in [0.25, 0.3) is 0 Å². The molecule has 0 aromatic heterocycles. The summed E-state index contributed by atoms with van der Waals surface area (Å²) in [6.45, 7) is 3.32. The van der Waals surface area contributed by atoms with Gasteiger partial charge in [-0.2, -0.15) is 0 Å². The topological polar surface area (TPSA) is 52.7 Å². The number of benzene rings is 2. The molecule has 5 nitrogen and oxygen atoms in total. The SMILES string of the molecule is O=C(Nc1cccc(N2CCCC2)c1)C1CC(=O)N(CCc2ccccc2)C1. The summed E-state index contributed by atoms with van der Waals surface area (Å²) < 4.78 is 0. The van der Waals surface area contributed by atoms with Crippen molar-refractivity contribution in [3.05, 3.63) is 60.2 Å². The maximum absolute atomic E-state index is 12.7. The molecule has 2 aromatic rings. The highest BCUT2D eigenvalue weighted by Gasteiger charge is 2.34. The normalized spacial score (nSPS) is 19.3. The third kappa shape index (κ3) is 4.35. The molecule has 2 fully saturated rings. The van der Waals surface area contributed by atoms with Gasteiger partial charge < -0.3 is 15.1 Å². The minimum absolute atomic E-state index is 0.0610. The second kappa shape index (κ2) is 8.46. The highest BCUT2D eigenvalue weighted by atomic mass is 16.2. The largest absolute Gasteiger partial charge is 0.371 e. The molecular weight excluding hydrogens is 350 g/mol. The lowest BCUT2D eigenvalue weighted by molar-refractivity contribution is -0.128. The summed E-state index contributed by atoms with van der Waals surface area (Å²) in [5.41, 5.74) is 3.17. The van der Waals surface area contributed by atoms with Crippen molar-refractivity contribution < 1.29 is 9.59 Å². The van der Waals surface area contributed by atoms with E-state index in [4.69, 9.17) is 0 Å². The molecule has 0 saturated carbocycles. The smallest absolute Gasteiger partial charge is 0.229 e. The van der Waals surface area contributed by atoms with Crippen molar-refractivity contribution in [2.75, 3.05) is 36.4 Å². The Bertz CT molecular complexity index is 831. The lowest BCUT2D eigenvalue weighted by Gasteiger charge is -2.19. The van der Waals surface area contributed by atoms with Crippen molar-refractivity contribution in [2.45, 2.75) is 25.7 Å². The fourth-order valence-electron chi connectivity index (χ4n) is 4.07. The molecule has 28 heavy (non-hydrogen) atoms. The predicted molar refractivity (Wildman–Crippen MR) is 111 cm³/mol. The molecule has 2 aliphatic heterocycles. The van der Waals surface area contributed by atoms with Gasteiger partial charge in [0.05, 0.1) is 5.92 Å². The van der Waals surface area contributed by atoms with Crippen molar-refractivity contribution in [3.8, 4) is 0 Å². The zero-order valence-corrected chi connectivity index (χ0v) is 16.1. The summed E-state index contributed by atoms with van der Waals surface area (Å²) in [6.07, 6.45) is 3.56. The van der Waals surface area contributed by atoms with Gasteiger partial charge in [-0.1, -0.05) is 36.4 Å². The second-order valence-electron chi connectivity index (χ2n) is 7.71. The quantitative estimate of drug-likeness (QED) is 0.840. The molecule has 2 saturated heterocycles. The van der Waals surface area contributed by atoms with E-state index in [1.807, 2.05) is 41.3 Å². The van der Waals surface area contributed by atoms with Crippen LogP contribution in [0, 0.1) is 5.92 Å². The molecule has 0 radical (unpaired) electrons. The van der Waals surface area contributed by atoms with Gasteiger partial charge in [-0.15, -0.1) is 0 Å².